The molecule has 0 unspecified atom stereocenters. The van der Waals surface area contributed by atoms with Gasteiger partial charge in [0.2, 0.25) is 11.7 Å². The van der Waals surface area contributed by atoms with Gasteiger partial charge in [-0.15, -0.1) is 10.2 Å². The Kier molecular flexibility index (Phi) is 5.22. The molecule has 0 saturated carbocycles. The van der Waals surface area contributed by atoms with Crippen molar-refractivity contribution in [3.63, 3.8) is 0 Å². The Bertz CT molecular complexity index is 941. The summed E-state index contributed by atoms with van der Waals surface area (Å²) in [4.78, 5) is 13.4. The summed E-state index contributed by atoms with van der Waals surface area (Å²) in [7, 11) is 0. The second kappa shape index (κ2) is 7.39. The summed E-state index contributed by atoms with van der Waals surface area (Å²) in [6.45, 7) is 1.84. The highest BCUT2D eigenvalue weighted by atomic mass is 35.5. The molecule has 25 heavy (non-hydrogen) atoms. The van der Waals surface area contributed by atoms with Crippen LogP contribution < -0.4 is 5.32 Å². The topological polar surface area (TPSA) is 72.7 Å². The van der Waals surface area contributed by atoms with Gasteiger partial charge in [-0.25, -0.2) is 0 Å². The van der Waals surface area contributed by atoms with Crippen molar-refractivity contribution in [3.05, 3.63) is 57.0 Å². The van der Waals surface area contributed by atoms with Gasteiger partial charge in [-0.05, 0) is 29.8 Å². The molecule has 0 fully saturated rings. The molecule has 9 heteroatoms. The number of aromatic nitrogens is 4. The zero-order chi connectivity index (χ0) is 18.0. The van der Waals surface area contributed by atoms with Gasteiger partial charge in [0, 0.05) is 5.56 Å². The maximum Gasteiger partial charge on any atom is 0.248 e. The van der Waals surface area contributed by atoms with Crippen LogP contribution in [0.5, 0.6) is 0 Å². The summed E-state index contributed by atoms with van der Waals surface area (Å²) in [6, 6.07) is 10.6. The molecule has 1 aromatic heterocycles. The maximum atomic E-state index is 12.2. The Labute approximate surface area is 158 Å². The first-order valence-corrected chi connectivity index (χ1v) is 8.35. The lowest BCUT2D eigenvalue weighted by molar-refractivity contribution is -0.117. The molecule has 2 aromatic carbocycles. The molecule has 0 radical (unpaired) electrons. The molecule has 1 N–H and O–H groups in total. The number of aryl methyl sites for hydroxylation is 1. The number of rotatable bonds is 4. The van der Waals surface area contributed by atoms with Gasteiger partial charge in [0.1, 0.15) is 6.54 Å². The van der Waals surface area contributed by atoms with Crippen LogP contribution in [0.25, 0.3) is 11.4 Å². The van der Waals surface area contributed by atoms with Gasteiger partial charge in [-0.1, -0.05) is 59.1 Å². The van der Waals surface area contributed by atoms with Gasteiger partial charge in [0.05, 0.1) is 20.8 Å². The first kappa shape index (κ1) is 17.7. The quantitative estimate of drug-likeness (QED) is 0.669. The van der Waals surface area contributed by atoms with Crippen LogP contribution in [-0.2, 0) is 11.3 Å². The molecule has 0 spiro atoms. The van der Waals surface area contributed by atoms with Gasteiger partial charge >= 0.3 is 0 Å². The molecular weight excluding hydrogens is 385 g/mol. The second-order valence-corrected chi connectivity index (χ2v) is 6.47. The molecule has 0 aliphatic heterocycles. The van der Waals surface area contributed by atoms with Gasteiger partial charge in [-0.2, -0.15) is 4.80 Å². The lowest BCUT2D eigenvalue weighted by Gasteiger charge is -2.08. The van der Waals surface area contributed by atoms with E-state index in [2.05, 4.69) is 20.7 Å². The van der Waals surface area contributed by atoms with Crippen molar-refractivity contribution in [2.45, 2.75) is 13.5 Å². The van der Waals surface area contributed by atoms with Crippen LogP contribution in [0, 0.1) is 6.92 Å². The number of nitrogens with zero attached hydrogens (tertiary/aromatic N) is 4. The fourth-order valence-corrected chi connectivity index (χ4v) is 2.77. The number of carbonyl (C=O) groups excluding carboxylic acids is 1. The first-order valence-electron chi connectivity index (χ1n) is 7.22. The van der Waals surface area contributed by atoms with E-state index in [0.29, 0.717) is 21.6 Å². The lowest BCUT2D eigenvalue weighted by Crippen LogP contribution is -2.20. The second-order valence-electron chi connectivity index (χ2n) is 5.25. The zero-order valence-electron chi connectivity index (χ0n) is 13.0. The van der Waals surface area contributed by atoms with Gasteiger partial charge in [0.15, 0.2) is 0 Å². The molecule has 1 amide bonds. The van der Waals surface area contributed by atoms with E-state index in [1.165, 1.54) is 16.9 Å². The Morgan fingerprint density at radius 1 is 1.12 bits per heavy atom. The van der Waals surface area contributed by atoms with Crippen molar-refractivity contribution in [2.24, 2.45) is 0 Å². The van der Waals surface area contributed by atoms with Crippen molar-refractivity contribution in [3.8, 4) is 11.4 Å². The molecule has 128 valence electrons. The normalized spacial score (nSPS) is 10.7. The van der Waals surface area contributed by atoms with Crippen LogP contribution >= 0.6 is 34.8 Å². The van der Waals surface area contributed by atoms with Crippen LogP contribution in [0.3, 0.4) is 0 Å². The molecule has 0 atom stereocenters. The summed E-state index contributed by atoms with van der Waals surface area (Å²) in [5.41, 5.74) is 2.25. The highest BCUT2D eigenvalue weighted by Crippen LogP contribution is 2.32. The number of tetrazole rings is 1. The van der Waals surface area contributed by atoms with E-state index >= 15 is 0 Å². The average Bonchev–Trinajstić information content (AvgIpc) is 3.01. The van der Waals surface area contributed by atoms with Gasteiger partial charge in [0.25, 0.3) is 0 Å². The Morgan fingerprint density at radius 3 is 2.60 bits per heavy atom. The SMILES string of the molecule is Cc1ccccc1-c1nnn(CC(=O)Nc2cc(Cl)c(Cl)cc2Cl)n1. The van der Waals surface area contributed by atoms with Crippen LogP contribution in [0.4, 0.5) is 5.69 Å². The van der Waals surface area contributed by atoms with Crippen molar-refractivity contribution < 1.29 is 4.79 Å². The molecule has 0 saturated heterocycles. The number of halogens is 3. The summed E-state index contributed by atoms with van der Waals surface area (Å²) in [5.74, 6) is 0.0903. The third-order valence-corrected chi connectivity index (χ3v) is 4.44. The Morgan fingerprint density at radius 2 is 1.84 bits per heavy atom. The predicted molar refractivity (Wildman–Crippen MR) is 98.1 cm³/mol. The largest absolute Gasteiger partial charge is 0.323 e. The standard InChI is InChI=1S/C16H12Cl3N5O/c1-9-4-2-3-5-10(9)16-21-23-24(22-16)8-15(25)20-14-7-12(18)11(17)6-13(14)19/h2-7H,8H2,1H3,(H,20,25). The molecule has 0 aliphatic carbocycles. The molecule has 1 heterocycles. The molecule has 3 rings (SSSR count). The van der Waals surface area contributed by atoms with Gasteiger partial charge in [-0.3, -0.25) is 4.79 Å². The number of hydrogen-bond donors (Lipinski definition) is 1. The molecule has 6 nitrogen and oxygen atoms in total. The van der Waals surface area contributed by atoms with E-state index in [1.807, 2.05) is 31.2 Å². The maximum absolute atomic E-state index is 12.2. The minimum Gasteiger partial charge on any atom is -0.323 e. The van der Waals surface area contributed by atoms with E-state index in [9.17, 15) is 4.79 Å². The fraction of sp³-hybridized carbons (Fsp3) is 0.125. The zero-order valence-corrected chi connectivity index (χ0v) is 15.3. The molecule has 0 aliphatic rings. The summed E-state index contributed by atoms with van der Waals surface area (Å²) < 4.78 is 0. The van der Waals surface area contributed by atoms with Crippen molar-refractivity contribution in [2.75, 3.05) is 5.32 Å². The average molecular weight is 397 g/mol. The predicted octanol–water partition coefficient (Wildman–Crippen LogP) is 4.25. The fourth-order valence-electron chi connectivity index (χ4n) is 2.18. The third-order valence-electron chi connectivity index (χ3n) is 3.41. The summed E-state index contributed by atoms with van der Waals surface area (Å²) in [5, 5.41) is 15.7. The Balaban J connectivity index is 1.72. The van der Waals surface area contributed by atoms with Crippen molar-refractivity contribution >= 4 is 46.4 Å². The molecular formula is C16H12Cl3N5O. The van der Waals surface area contributed by atoms with Crippen LogP contribution in [0.1, 0.15) is 5.56 Å². The number of amides is 1. The Hall–Kier alpha value is -2.15. The third kappa shape index (κ3) is 4.10. The highest BCUT2D eigenvalue weighted by Gasteiger charge is 2.13. The molecule has 3 aromatic rings. The number of benzene rings is 2. The van der Waals surface area contributed by atoms with Crippen molar-refractivity contribution in [1.82, 2.24) is 20.2 Å². The van der Waals surface area contributed by atoms with E-state index in [-0.39, 0.29) is 17.5 Å². The van der Waals surface area contributed by atoms with Crippen LogP contribution in [0.2, 0.25) is 15.1 Å². The van der Waals surface area contributed by atoms with Crippen molar-refractivity contribution in [1.29, 1.82) is 0 Å². The first-order chi connectivity index (χ1) is 11.9. The van der Waals surface area contributed by atoms with Crippen LogP contribution in [-0.4, -0.2) is 26.1 Å². The van der Waals surface area contributed by atoms with E-state index in [1.54, 1.807) is 0 Å². The minimum atomic E-state index is -0.367. The highest BCUT2D eigenvalue weighted by molar-refractivity contribution is 6.44. The van der Waals surface area contributed by atoms with Gasteiger partial charge < -0.3 is 5.32 Å². The number of carbonyl (C=O) groups is 1. The lowest BCUT2D eigenvalue weighted by atomic mass is 10.1. The summed E-state index contributed by atoms with van der Waals surface area (Å²) in [6.07, 6.45) is 0. The molecule has 0 bridgehead atoms. The number of anilines is 1. The van der Waals surface area contributed by atoms with E-state index in [0.717, 1.165) is 11.1 Å². The summed E-state index contributed by atoms with van der Waals surface area (Å²) >= 11 is 17.8. The van der Waals surface area contributed by atoms with E-state index < -0.39 is 0 Å². The van der Waals surface area contributed by atoms with Crippen LogP contribution in [0.15, 0.2) is 36.4 Å². The monoisotopic (exact) mass is 395 g/mol. The van der Waals surface area contributed by atoms with E-state index in [4.69, 9.17) is 34.8 Å². The smallest absolute Gasteiger partial charge is 0.248 e. The number of nitrogens with one attached hydrogen (secondary N) is 1. The number of hydrogen-bond acceptors (Lipinski definition) is 4. The minimum absolute atomic E-state index is 0.116.